The molecule has 0 saturated carbocycles. The third-order valence-electron chi connectivity index (χ3n) is 3.61. The van der Waals surface area contributed by atoms with Crippen LogP contribution < -0.4 is 4.90 Å². The number of piperazine rings is 1. The monoisotopic (exact) mass is 271 g/mol. The number of carbonyl (C=O) groups excluding carboxylic acids is 1. The molecule has 1 amide bonds. The number of carbonyl (C=O) groups is 1. The Kier molecular flexibility index (Phi) is 3.41. The van der Waals surface area contributed by atoms with Gasteiger partial charge in [0.1, 0.15) is 6.26 Å². The van der Waals surface area contributed by atoms with Gasteiger partial charge in [0.25, 0.3) is 5.91 Å². The Balaban J connectivity index is 1.64. The van der Waals surface area contributed by atoms with Crippen LogP contribution in [0, 0.1) is 6.92 Å². The number of hydrogen-bond acceptors (Lipinski definition) is 4. The van der Waals surface area contributed by atoms with Gasteiger partial charge in [-0.3, -0.25) is 4.79 Å². The molecule has 3 rings (SSSR count). The summed E-state index contributed by atoms with van der Waals surface area (Å²) in [7, 11) is 0. The molecule has 104 valence electrons. The highest BCUT2D eigenvalue weighted by Crippen LogP contribution is 2.18. The van der Waals surface area contributed by atoms with Crippen molar-refractivity contribution in [2.75, 3.05) is 31.1 Å². The van der Waals surface area contributed by atoms with Crippen LogP contribution in [0.25, 0.3) is 0 Å². The number of aryl methyl sites for hydroxylation is 1. The highest BCUT2D eigenvalue weighted by Gasteiger charge is 2.23. The van der Waals surface area contributed by atoms with E-state index in [2.05, 4.69) is 41.2 Å². The summed E-state index contributed by atoms with van der Waals surface area (Å²) in [6.07, 6.45) is 2.87. The first kappa shape index (κ1) is 12.7. The molecule has 1 saturated heterocycles. The average molecular weight is 271 g/mol. The molecule has 0 aliphatic carbocycles. The second-order valence-electron chi connectivity index (χ2n) is 5.03. The molecule has 20 heavy (non-hydrogen) atoms. The summed E-state index contributed by atoms with van der Waals surface area (Å²) in [5, 5.41) is 3.58. The number of benzene rings is 1. The summed E-state index contributed by atoms with van der Waals surface area (Å²) < 4.78 is 4.72. The summed E-state index contributed by atoms with van der Waals surface area (Å²) in [5.74, 6) is -0.00450. The molecule has 0 unspecified atom stereocenters. The molecule has 5 heteroatoms. The van der Waals surface area contributed by atoms with E-state index in [1.54, 1.807) is 0 Å². The Hall–Kier alpha value is -2.30. The van der Waals surface area contributed by atoms with Gasteiger partial charge in [0.05, 0.1) is 11.8 Å². The summed E-state index contributed by atoms with van der Waals surface area (Å²) in [6.45, 7) is 5.23. The van der Waals surface area contributed by atoms with Gasteiger partial charge in [-0.05, 0) is 24.6 Å². The minimum atomic E-state index is -0.00450. The minimum Gasteiger partial charge on any atom is -0.368 e. The Morgan fingerprint density at radius 2 is 2.05 bits per heavy atom. The maximum Gasteiger partial charge on any atom is 0.258 e. The van der Waals surface area contributed by atoms with Crippen molar-refractivity contribution < 1.29 is 9.32 Å². The van der Waals surface area contributed by atoms with Gasteiger partial charge >= 0.3 is 0 Å². The summed E-state index contributed by atoms with van der Waals surface area (Å²) >= 11 is 0. The van der Waals surface area contributed by atoms with Crippen molar-refractivity contribution in [3.63, 3.8) is 0 Å². The van der Waals surface area contributed by atoms with Gasteiger partial charge in [0, 0.05) is 31.9 Å². The van der Waals surface area contributed by atoms with Crippen molar-refractivity contribution in [1.82, 2.24) is 10.1 Å². The fourth-order valence-electron chi connectivity index (χ4n) is 2.49. The standard InChI is InChI=1S/C15H17N3O2/c1-12-3-2-4-14(9-12)17-5-7-18(8-6-17)15(19)13-10-16-20-11-13/h2-4,9-11H,5-8H2,1H3. The van der Waals surface area contributed by atoms with E-state index in [4.69, 9.17) is 4.52 Å². The van der Waals surface area contributed by atoms with Crippen LogP contribution >= 0.6 is 0 Å². The molecule has 0 atom stereocenters. The molecule has 0 spiro atoms. The zero-order valence-electron chi connectivity index (χ0n) is 11.5. The van der Waals surface area contributed by atoms with Crippen molar-refractivity contribution in [2.45, 2.75) is 6.92 Å². The van der Waals surface area contributed by atoms with Crippen LogP contribution in [0.2, 0.25) is 0 Å². The Morgan fingerprint density at radius 3 is 2.70 bits per heavy atom. The largest absolute Gasteiger partial charge is 0.368 e. The van der Waals surface area contributed by atoms with Gasteiger partial charge in [-0.2, -0.15) is 0 Å². The van der Waals surface area contributed by atoms with E-state index in [0.29, 0.717) is 5.56 Å². The van der Waals surface area contributed by atoms with E-state index in [9.17, 15) is 4.79 Å². The molecular formula is C15H17N3O2. The molecule has 0 radical (unpaired) electrons. The Morgan fingerprint density at radius 1 is 1.25 bits per heavy atom. The van der Waals surface area contributed by atoms with Gasteiger partial charge in [-0.15, -0.1) is 0 Å². The SMILES string of the molecule is Cc1cccc(N2CCN(C(=O)c3cnoc3)CC2)c1. The number of anilines is 1. The van der Waals surface area contributed by atoms with Gasteiger partial charge in [-0.1, -0.05) is 17.3 Å². The second-order valence-corrected chi connectivity index (χ2v) is 5.03. The second kappa shape index (κ2) is 5.36. The van der Waals surface area contributed by atoms with E-state index in [0.717, 1.165) is 26.2 Å². The lowest BCUT2D eigenvalue weighted by atomic mass is 10.2. The molecule has 1 aliphatic heterocycles. The highest BCUT2D eigenvalue weighted by molar-refractivity contribution is 5.93. The molecule has 0 bridgehead atoms. The fourth-order valence-corrected chi connectivity index (χ4v) is 2.49. The highest BCUT2D eigenvalue weighted by atomic mass is 16.5. The molecule has 2 aromatic rings. The van der Waals surface area contributed by atoms with Crippen LogP contribution in [-0.2, 0) is 0 Å². The van der Waals surface area contributed by atoms with Gasteiger partial charge in [0.2, 0.25) is 0 Å². The number of rotatable bonds is 2. The van der Waals surface area contributed by atoms with E-state index < -0.39 is 0 Å². The third-order valence-corrected chi connectivity index (χ3v) is 3.61. The van der Waals surface area contributed by atoms with Crippen molar-refractivity contribution >= 4 is 11.6 Å². The predicted molar refractivity (Wildman–Crippen MR) is 75.8 cm³/mol. The summed E-state index contributed by atoms with van der Waals surface area (Å²) in [6, 6.07) is 8.45. The van der Waals surface area contributed by atoms with Crippen LogP contribution in [0.15, 0.2) is 41.2 Å². The first-order valence-corrected chi connectivity index (χ1v) is 6.74. The van der Waals surface area contributed by atoms with Gasteiger partial charge in [-0.25, -0.2) is 0 Å². The lowest BCUT2D eigenvalue weighted by molar-refractivity contribution is 0.0746. The van der Waals surface area contributed by atoms with Crippen molar-refractivity contribution in [3.05, 3.63) is 47.9 Å². The quantitative estimate of drug-likeness (QED) is 0.837. The molecule has 2 heterocycles. The van der Waals surface area contributed by atoms with E-state index in [-0.39, 0.29) is 5.91 Å². The average Bonchev–Trinajstić information content (AvgIpc) is 3.01. The van der Waals surface area contributed by atoms with Crippen molar-refractivity contribution in [1.29, 1.82) is 0 Å². The Bertz CT molecular complexity index is 587. The lowest BCUT2D eigenvalue weighted by Gasteiger charge is -2.36. The first-order valence-electron chi connectivity index (χ1n) is 6.74. The van der Waals surface area contributed by atoms with Crippen LogP contribution in [0.5, 0.6) is 0 Å². The van der Waals surface area contributed by atoms with Gasteiger partial charge < -0.3 is 14.3 Å². The zero-order valence-corrected chi connectivity index (χ0v) is 11.5. The summed E-state index contributed by atoms with van der Waals surface area (Å²) in [4.78, 5) is 16.3. The van der Waals surface area contributed by atoms with Crippen LogP contribution in [-0.4, -0.2) is 42.1 Å². The minimum absolute atomic E-state index is 0.00450. The molecule has 5 nitrogen and oxygen atoms in total. The van der Waals surface area contributed by atoms with Crippen LogP contribution in [0.3, 0.4) is 0 Å². The molecular weight excluding hydrogens is 254 g/mol. The lowest BCUT2D eigenvalue weighted by Crippen LogP contribution is -2.48. The normalized spacial score (nSPS) is 15.4. The van der Waals surface area contributed by atoms with Gasteiger partial charge in [0.15, 0.2) is 0 Å². The van der Waals surface area contributed by atoms with Crippen molar-refractivity contribution in [3.8, 4) is 0 Å². The Labute approximate surface area is 117 Å². The number of amides is 1. The maximum absolute atomic E-state index is 12.2. The number of hydrogen-bond donors (Lipinski definition) is 0. The predicted octanol–water partition coefficient (Wildman–Crippen LogP) is 1.95. The van der Waals surface area contributed by atoms with Crippen LogP contribution in [0.4, 0.5) is 5.69 Å². The molecule has 0 N–H and O–H groups in total. The van der Waals surface area contributed by atoms with E-state index in [1.165, 1.54) is 23.7 Å². The molecule has 1 aromatic heterocycles. The van der Waals surface area contributed by atoms with E-state index >= 15 is 0 Å². The van der Waals surface area contributed by atoms with E-state index in [1.807, 2.05) is 4.90 Å². The fraction of sp³-hybridized carbons (Fsp3) is 0.333. The molecule has 1 fully saturated rings. The van der Waals surface area contributed by atoms with Crippen LogP contribution in [0.1, 0.15) is 15.9 Å². The summed E-state index contributed by atoms with van der Waals surface area (Å²) in [5.41, 5.74) is 3.00. The number of aromatic nitrogens is 1. The number of nitrogens with zero attached hydrogens (tertiary/aromatic N) is 3. The molecule has 1 aliphatic rings. The topological polar surface area (TPSA) is 49.6 Å². The zero-order chi connectivity index (χ0) is 13.9. The van der Waals surface area contributed by atoms with Crippen molar-refractivity contribution in [2.24, 2.45) is 0 Å². The molecule has 1 aromatic carbocycles. The maximum atomic E-state index is 12.2. The smallest absolute Gasteiger partial charge is 0.258 e. The first-order chi connectivity index (χ1) is 9.74. The third kappa shape index (κ3) is 2.52.